The van der Waals surface area contributed by atoms with Gasteiger partial charge in [0, 0.05) is 42.5 Å². The predicted molar refractivity (Wildman–Crippen MR) is 110 cm³/mol. The summed E-state index contributed by atoms with van der Waals surface area (Å²) in [4.78, 5) is 21.7. The summed E-state index contributed by atoms with van der Waals surface area (Å²) < 4.78 is 5.38. The summed E-state index contributed by atoms with van der Waals surface area (Å²) in [6.45, 7) is 5.13. The molecule has 2 N–H and O–H groups in total. The van der Waals surface area contributed by atoms with Crippen LogP contribution in [0.15, 0.2) is 36.5 Å². The first-order valence-corrected chi connectivity index (χ1v) is 10.0. The summed E-state index contributed by atoms with van der Waals surface area (Å²) in [5, 5.41) is 0. The first-order chi connectivity index (χ1) is 13.6. The minimum absolute atomic E-state index is 0.0972. The van der Waals surface area contributed by atoms with Crippen LogP contribution in [0.4, 0.5) is 5.69 Å². The zero-order chi connectivity index (χ0) is 19.7. The van der Waals surface area contributed by atoms with Crippen molar-refractivity contribution in [3.8, 4) is 17.0 Å². The van der Waals surface area contributed by atoms with Crippen molar-refractivity contribution >= 4 is 11.6 Å². The average Bonchev–Trinajstić information content (AvgIpc) is 2.68. The third-order valence-corrected chi connectivity index (χ3v) is 6.02. The lowest BCUT2D eigenvalue weighted by Crippen LogP contribution is -2.63. The lowest BCUT2D eigenvalue weighted by Gasteiger charge is -2.49. The van der Waals surface area contributed by atoms with Gasteiger partial charge in [-0.2, -0.15) is 0 Å². The van der Waals surface area contributed by atoms with E-state index in [2.05, 4.69) is 16.8 Å². The number of rotatable bonds is 4. The van der Waals surface area contributed by atoms with E-state index in [0.29, 0.717) is 34.8 Å². The molecule has 2 fully saturated rings. The van der Waals surface area contributed by atoms with Gasteiger partial charge in [-0.05, 0) is 44.5 Å². The van der Waals surface area contributed by atoms with Crippen molar-refractivity contribution in [1.82, 2.24) is 14.8 Å². The normalized spacial score (nSPS) is 20.6. The largest absolute Gasteiger partial charge is 0.492 e. The number of carbonyl (C=O) groups excluding carboxylic acids is 1. The Balaban J connectivity index is 1.42. The molecule has 0 spiro atoms. The van der Waals surface area contributed by atoms with Gasteiger partial charge in [0.15, 0.2) is 5.75 Å². The van der Waals surface area contributed by atoms with Crippen molar-refractivity contribution in [2.75, 3.05) is 32.5 Å². The number of likely N-dealkylation sites (tertiary alicyclic amines) is 2. The SMILES string of the molecule is COc1c(N)ccnc1-c1ccc(C(=O)N2CC(N3CCCCC3C)C2)cc1. The van der Waals surface area contributed by atoms with Crippen molar-refractivity contribution in [2.45, 2.75) is 38.3 Å². The lowest BCUT2D eigenvalue weighted by molar-refractivity contribution is 0.00213. The summed E-state index contributed by atoms with van der Waals surface area (Å²) in [6.07, 6.45) is 5.53. The first-order valence-electron chi connectivity index (χ1n) is 10.0. The number of nitrogens with zero attached hydrogens (tertiary/aromatic N) is 3. The van der Waals surface area contributed by atoms with Gasteiger partial charge in [-0.25, -0.2) is 0 Å². The Hall–Kier alpha value is -2.60. The minimum atomic E-state index is 0.0972. The van der Waals surface area contributed by atoms with E-state index >= 15 is 0 Å². The molecule has 3 heterocycles. The van der Waals surface area contributed by atoms with Crippen molar-refractivity contribution < 1.29 is 9.53 Å². The number of anilines is 1. The third-order valence-electron chi connectivity index (χ3n) is 6.02. The molecule has 0 bridgehead atoms. The monoisotopic (exact) mass is 380 g/mol. The van der Waals surface area contributed by atoms with Crippen molar-refractivity contribution in [2.24, 2.45) is 0 Å². The summed E-state index contributed by atoms with van der Waals surface area (Å²) in [5.41, 5.74) is 8.78. The van der Waals surface area contributed by atoms with Gasteiger partial charge in [0.25, 0.3) is 5.91 Å². The molecule has 0 aliphatic carbocycles. The molecule has 1 aromatic carbocycles. The van der Waals surface area contributed by atoms with Crippen molar-refractivity contribution in [3.05, 3.63) is 42.1 Å². The molecule has 4 rings (SSSR count). The fourth-order valence-electron chi connectivity index (χ4n) is 4.33. The molecule has 0 saturated carbocycles. The maximum absolute atomic E-state index is 12.8. The summed E-state index contributed by atoms with van der Waals surface area (Å²) in [7, 11) is 1.58. The smallest absolute Gasteiger partial charge is 0.253 e. The summed E-state index contributed by atoms with van der Waals surface area (Å²) >= 11 is 0. The van der Waals surface area contributed by atoms with Gasteiger partial charge in [0.2, 0.25) is 0 Å². The van der Waals surface area contributed by atoms with Gasteiger partial charge in [0.05, 0.1) is 12.8 Å². The molecule has 2 aromatic rings. The summed E-state index contributed by atoms with van der Waals surface area (Å²) in [6, 6.07) is 10.4. The van der Waals surface area contributed by atoms with Gasteiger partial charge in [-0.3, -0.25) is 14.7 Å². The van der Waals surface area contributed by atoms with Crippen LogP contribution < -0.4 is 10.5 Å². The number of benzene rings is 1. The fourth-order valence-corrected chi connectivity index (χ4v) is 4.33. The quantitative estimate of drug-likeness (QED) is 0.883. The average molecular weight is 380 g/mol. The topological polar surface area (TPSA) is 71.7 Å². The van der Waals surface area contributed by atoms with Crippen LogP contribution in [0, 0.1) is 0 Å². The van der Waals surface area contributed by atoms with E-state index < -0.39 is 0 Å². The molecule has 28 heavy (non-hydrogen) atoms. The molecule has 2 aliphatic rings. The molecule has 6 nitrogen and oxygen atoms in total. The zero-order valence-electron chi connectivity index (χ0n) is 16.6. The Morgan fingerprint density at radius 2 is 1.93 bits per heavy atom. The second-order valence-electron chi connectivity index (χ2n) is 7.81. The molecule has 1 atom stereocenters. The van der Waals surface area contributed by atoms with Crippen LogP contribution >= 0.6 is 0 Å². The van der Waals surface area contributed by atoms with E-state index in [4.69, 9.17) is 10.5 Å². The van der Waals surface area contributed by atoms with Crippen LogP contribution in [0.5, 0.6) is 5.75 Å². The number of nitrogens with two attached hydrogens (primary N) is 1. The van der Waals surface area contributed by atoms with Gasteiger partial charge in [0.1, 0.15) is 5.69 Å². The van der Waals surface area contributed by atoms with Crippen LogP contribution in [-0.4, -0.2) is 59.5 Å². The molecular weight excluding hydrogens is 352 g/mol. The first kappa shape index (κ1) is 18.7. The number of ether oxygens (including phenoxy) is 1. The number of amides is 1. The molecule has 6 heteroatoms. The second kappa shape index (κ2) is 7.80. The number of methoxy groups -OCH3 is 1. The van der Waals surface area contributed by atoms with E-state index in [-0.39, 0.29) is 5.91 Å². The maximum atomic E-state index is 12.8. The van der Waals surface area contributed by atoms with Crippen molar-refractivity contribution in [3.63, 3.8) is 0 Å². The van der Waals surface area contributed by atoms with E-state index in [1.54, 1.807) is 19.4 Å². The molecule has 148 valence electrons. The minimum Gasteiger partial charge on any atom is -0.492 e. The van der Waals surface area contributed by atoms with E-state index in [0.717, 1.165) is 25.2 Å². The summed E-state index contributed by atoms with van der Waals surface area (Å²) in [5.74, 6) is 0.655. The molecule has 1 unspecified atom stereocenters. The molecule has 2 saturated heterocycles. The number of carbonyl (C=O) groups is 1. The van der Waals surface area contributed by atoms with Crippen LogP contribution in [0.3, 0.4) is 0 Å². The van der Waals surface area contributed by atoms with E-state index in [1.807, 2.05) is 29.2 Å². The van der Waals surface area contributed by atoms with E-state index in [9.17, 15) is 4.79 Å². The standard InChI is InChI=1S/C22H28N4O2/c1-15-5-3-4-12-26(15)18-13-25(14-18)22(27)17-8-6-16(7-9-17)20-21(28-2)19(23)10-11-24-20/h6-11,15,18H,3-5,12-14H2,1-2H3,(H2,23,24). The predicted octanol–water partition coefficient (Wildman–Crippen LogP) is 3.04. The lowest BCUT2D eigenvalue weighted by atomic mass is 9.97. The highest BCUT2D eigenvalue weighted by molar-refractivity contribution is 5.95. The highest BCUT2D eigenvalue weighted by Gasteiger charge is 2.37. The van der Waals surface area contributed by atoms with Crippen molar-refractivity contribution in [1.29, 1.82) is 0 Å². The number of aromatic nitrogens is 1. The third kappa shape index (κ3) is 3.44. The number of hydrogen-bond donors (Lipinski definition) is 1. The van der Waals surface area contributed by atoms with Gasteiger partial charge in [-0.1, -0.05) is 18.6 Å². The van der Waals surface area contributed by atoms with Gasteiger partial charge >= 0.3 is 0 Å². The maximum Gasteiger partial charge on any atom is 0.253 e. The highest BCUT2D eigenvalue weighted by atomic mass is 16.5. The number of pyridine rings is 1. The molecular formula is C22H28N4O2. The molecule has 1 aromatic heterocycles. The fraction of sp³-hybridized carbons (Fsp3) is 0.455. The van der Waals surface area contributed by atoms with Crippen LogP contribution in [0.1, 0.15) is 36.5 Å². The zero-order valence-corrected chi connectivity index (χ0v) is 16.6. The van der Waals surface area contributed by atoms with Crippen LogP contribution in [-0.2, 0) is 0 Å². The van der Waals surface area contributed by atoms with Gasteiger partial charge < -0.3 is 15.4 Å². The molecule has 2 aliphatic heterocycles. The Bertz CT molecular complexity index is 846. The molecule has 1 amide bonds. The Morgan fingerprint density at radius 1 is 1.18 bits per heavy atom. The highest BCUT2D eigenvalue weighted by Crippen LogP contribution is 2.33. The number of hydrogen-bond acceptors (Lipinski definition) is 5. The van der Waals surface area contributed by atoms with Gasteiger partial charge in [-0.15, -0.1) is 0 Å². The Kier molecular flexibility index (Phi) is 5.22. The number of nitrogen functional groups attached to an aromatic ring is 1. The van der Waals surface area contributed by atoms with E-state index in [1.165, 1.54) is 19.3 Å². The number of piperidine rings is 1. The Morgan fingerprint density at radius 3 is 2.61 bits per heavy atom. The molecule has 0 radical (unpaired) electrons. The second-order valence-corrected chi connectivity index (χ2v) is 7.81. The van der Waals surface area contributed by atoms with Crippen LogP contribution in [0.2, 0.25) is 0 Å². The Labute approximate surface area is 166 Å². The van der Waals surface area contributed by atoms with Crippen LogP contribution in [0.25, 0.3) is 11.3 Å².